The lowest BCUT2D eigenvalue weighted by Gasteiger charge is -2.22. The maximum atomic E-state index is 12.7. The maximum absolute atomic E-state index is 12.7. The number of carbonyl (C=O) groups excluding carboxylic acids is 1. The van der Waals surface area contributed by atoms with Crippen LogP contribution in [0.2, 0.25) is 0 Å². The number of amides is 1. The fraction of sp³-hybridized carbons (Fsp3) is 0.407. The number of ether oxygens (including phenoxy) is 1. The van der Waals surface area contributed by atoms with Crippen molar-refractivity contribution in [2.75, 3.05) is 19.7 Å². The van der Waals surface area contributed by atoms with E-state index in [0.29, 0.717) is 11.4 Å². The first kappa shape index (κ1) is 24.2. The summed E-state index contributed by atoms with van der Waals surface area (Å²) >= 11 is 1.33. The molecule has 2 aromatic carbocycles. The molecule has 7 heteroatoms. The predicted octanol–water partition coefficient (Wildman–Crippen LogP) is 5.26. The van der Waals surface area contributed by atoms with Gasteiger partial charge in [-0.1, -0.05) is 37.3 Å². The van der Waals surface area contributed by atoms with E-state index in [1.807, 2.05) is 48.5 Å². The molecule has 1 aromatic heterocycles. The van der Waals surface area contributed by atoms with Gasteiger partial charge in [0.2, 0.25) is 0 Å². The summed E-state index contributed by atoms with van der Waals surface area (Å²) in [5.74, 6) is 1.31. The van der Waals surface area contributed by atoms with E-state index in [2.05, 4.69) is 22.2 Å². The Balaban J connectivity index is 1.24. The minimum atomic E-state index is -0.596. The molecule has 3 N–H and O–H groups in total. The van der Waals surface area contributed by atoms with Crippen LogP contribution in [0, 0.1) is 5.92 Å². The molecule has 1 saturated heterocycles. The molecule has 1 atom stereocenters. The number of unbranched alkanes of at least 4 members (excludes halogenated alkanes) is 1. The Morgan fingerprint density at radius 3 is 2.68 bits per heavy atom. The molecule has 4 rings (SSSR count). The van der Waals surface area contributed by atoms with Crippen LogP contribution in [0.15, 0.2) is 60.9 Å². The number of para-hydroxylation sites is 1. The molecule has 34 heavy (non-hydrogen) atoms. The highest BCUT2D eigenvalue weighted by Gasteiger charge is 2.20. The minimum Gasteiger partial charge on any atom is -0.511 e. The standard InChI is InChI=1S/C27H33N3O3S/c1-19(31)24(29-26(32)27-30-23-7-2-3-8-25(23)34-27)18-21-9-11-22(12-10-21)33-17-5-4-6-20-13-15-28-16-14-20/h2-3,7-12,20,24,28,31H,1,4-6,13-18H2,(H,29,32)/t24-/m0/s1. The maximum Gasteiger partial charge on any atom is 0.280 e. The predicted molar refractivity (Wildman–Crippen MR) is 138 cm³/mol. The Kier molecular flexibility index (Phi) is 8.55. The van der Waals surface area contributed by atoms with E-state index in [1.165, 1.54) is 37.0 Å². The molecule has 1 aliphatic heterocycles. The van der Waals surface area contributed by atoms with Gasteiger partial charge in [0.05, 0.1) is 22.9 Å². The summed E-state index contributed by atoms with van der Waals surface area (Å²) in [5.41, 5.74) is 1.77. The number of nitrogens with zero attached hydrogens (tertiary/aromatic N) is 1. The van der Waals surface area contributed by atoms with Crippen LogP contribution < -0.4 is 15.4 Å². The molecule has 1 amide bonds. The van der Waals surface area contributed by atoms with Crippen molar-refractivity contribution in [3.05, 3.63) is 71.4 Å². The van der Waals surface area contributed by atoms with E-state index < -0.39 is 6.04 Å². The number of nitrogens with one attached hydrogen (secondary N) is 2. The Bertz CT molecular complexity index is 1060. The van der Waals surface area contributed by atoms with Gasteiger partial charge in [-0.2, -0.15) is 0 Å². The second-order valence-corrected chi connectivity index (χ2v) is 9.92. The first-order valence-electron chi connectivity index (χ1n) is 12.0. The van der Waals surface area contributed by atoms with E-state index in [4.69, 9.17) is 4.74 Å². The lowest BCUT2D eigenvalue weighted by molar-refractivity contribution is 0.0933. The molecule has 0 unspecified atom stereocenters. The third kappa shape index (κ3) is 6.81. The molecule has 0 saturated carbocycles. The summed E-state index contributed by atoms with van der Waals surface area (Å²) in [4.78, 5) is 17.1. The van der Waals surface area contributed by atoms with E-state index in [9.17, 15) is 9.90 Å². The zero-order valence-corrected chi connectivity index (χ0v) is 20.3. The van der Waals surface area contributed by atoms with Crippen molar-refractivity contribution in [2.45, 2.75) is 44.6 Å². The molecule has 0 bridgehead atoms. The molecule has 0 spiro atoms. The molecule has 1 fully saturated rings. The van der Waals surface area contributed by atoms with Crippen LogP contribution in [0.3, 0.4) is 0 Å². The second kappa shape index (κ2) is 12.0. The molecular weight excluding hydrogens is 446 g/mol. The van der Waals surface area contributed by atoms with Crippen molar-refractivity contribution < 1.29 is 14.6 Å². The van der Waals surface area contributed by atoms with Crippen molar-refractivity contribution in [3.63, 3.8) is 0 Å². The van der Waals surface area contributed by atoms with E-state index in [1.54, 1.807) is 0 Å². The number of benzene rings is 2. The zero-order valence-electron chi connectivity index (χ0n) is 19.5. The lowest BCUT2D eigenvalue weighted by Crippen LogP contribution is -2.37. The SMILES string of the molecule is C=C(O)[C@H](Cc1ccc(OCCCCC2CCNCC2)cc1)NC(=O)c1nc2ccccc2s1. The Hall–Kier alpha value is -2.90. The van der Waals surface area contributed by atoms with E-state index >= 15 is 0 Å². The summed E-state index contributed by atoms with van der Waals surface area (Å²) in [5, 5.41) is 16.7. The van der Waals surface area contributed by atoms with E-state index in [-0.39, 0.29) is 11.7 Å². The van der Waals surface area contributed by atoms with Crippen molar-refractivity contribution in [1.29, 1.82) is 0 Å². The van der Waals surface area contributed by atoms with Gasteiger partial charge in [-0.15, -0.1) is 11.3 Å². The number of fused-ring (bicyclic) bond motifs is 1. The Morgan fingerprint density at radius 2 is 1.94 bits per heavy atom. The van der Waals surface area contributed by atoms with Crippen molar-refractivity contribution in [3.8, 4) is 5.75 Å². The van der Waals surface area contributed by atoms with Crippen LogP contribution in [0.25, 0.3) is 10.2 Å². The summed E-state index contributed by atoms with van der Waals surface area (Å²) in [6.45, 7) is 6.68. The summed E-state index contributed by atoms with van der Waals surface area (Å²) in [6.07, 6.45) is 6.59. The van der Waals surface area contributed by atoms with Crippen LogP contribution >= 0.6 is 11.3 Å². The number of carbonyl (C=O) groups is 1. The second-order valence-electron chi connectivity index (χ2n) is 8.89. The molecular formula is C27H33N3O3S. The van der Waals surface area contributed by atoms with Crippen LogP contribution in [0.4, 0.5) is 0 Å². The molecule has 3 aromatic rings. The number of rotatable bonds is 11. The summed E-state index contributed by atoms with van der Waals surface area (Å²) < 4.78 is 6.85. The third-order valence-corrected chi connectivity index (χ3v) is 7.33. The Morgan fingerprint density at radius 1 is 1.18 bits per heavy atom. The smallest absolute Gasteiger partial charge is 0.280 e. The Labute approximate surface area is 205 Å². The van der Waals surface area contributed by atoms with Gasteiger partial charge in [-0.25, -0.2) is 4.98 Å². The third-order valence-electron chi connectivity index (χ3n) is 6.29. The fourth-order valence-electron chi connectivity index (χ4n) is 4.29. The van der Waals surface area contributed by atoms with Crippen molar-refractivity contribution in [2.24, 2.45) is 5.92 Å². The highest BCUT2D eigenvalue weighted by molar-refractivity contribution is 7.20. The van der Waals surface area contributed by atoms with Gasteiger partial charge in [-0.3, -0.25) is 4.79 Å². The number of hydrogen-bond donors (Lipinski definition) is 3. The van der Waals surface area contributed by atoms with Crippen molar-refractivity contribution in [1.82, 2.24) is 15.6 Å². The van der Waals surface area contributed by atoms with Crippen LogP contribution in [-0.2, 0) is 6.42 Å². The highest BCUT2D eigenvalue weighted by atomic mass is 32.1. The van der Waals surface area contributed by atoms with Crippen LogP contribution in [0.5, 0.6) is 5.75 Å². The van der Waals surface area contributed by atoms with Gasteiger partial charge in [-0.05, 0) is 80.9 Å². The van der Waals surface area contributed by atoms with Crippen molar-refractivity contribution >= 4 is 27.5 Å². The highest BCUT2D eigenvalue weighted by Crippen LogP contribution is 2.22. The number of aliphatic hydroxyl groups is 1. The van der Waals surface area contributed by atoms with E-state index in [0.717, 1.165) is 53.6 Å². The number of thiazole rings is 1. The average Bonchev–Trinajstić information content (AvgIpc) is 3.29. The molecule has 180 valence electrons. The first-order valence-corrected chi connectivity index (χ1v) is 12.9. The van der Waals surface area contributed by atoms with Gasteiger partial charge >= 0.3 is 0 Å². The van der Waals surface area contributed by atoms with Gasteiger partial charge in [0, 0.05) is 0 Å². The topological polar surface area (TPSA) is 83.5 Å². The zero-order chi connectivity index (χ0) is 23.8. The lowest BCUT2D eigenvalue weighted by atomic mass is 9.93. The monoisotopic (exact) mass is 479 g/mol. The molecule has 1 aliphatic rings. The molecule has 6 nitrogen and oxygen atoms in total. The van der Waals surface area contributed by atoms with Crippen LogP contribution in [-0.4, -0.2) is 41.7 Å². The van der Waals surface area contributed by atoms with Gasteiger partial charge in [0.25, 0.3) is 5.91 Å². The normalized spacial score (nSPS) is 15.2. The minimum absolute atomic E-state index is 0.0801. The fourth-order valence-corrected chi connectivity index (χ4v) is 5.16. The molecule has 0 aliphatic carbocycles. The average molecular weight is 480 g/mol. The molecule has 2 heterocycles. The number of hydrogen-bond acceptors (Lipinski definition) is 6. The summed E-state index contributed by atoms with van der Waals surface area (Å²) in [7, 11) is 0. The van der Waals surface area contributed by atoms with Gasteiger partial charge in [0.1, 0.15) is 11.5 Å². The first-order chi connectivity index (χ1) is 16.6. The van der Waals surface area contributed by atoms with Crippen LogP contribution in [0.1, 0.15) is 47.5 Å². The molecule has 0 radical (unpaired) electrons. The summed E-state index contributed by atoms with van der Waals surface area (Å²) in [6, 6.07) is 14.8. The van der Waals surface area contributed by atoms with Gasteiger partial charge < -0.3 is 20.5 Å². The quantitative estimate of drug-likeness (QED) is 0.258. The number of aliphatic hydroxyl groups excluding tert-OH is 1. The number of piperidine rings is 1. The largest absolute Gasteiger partial charge is 0.511 e. The van der Waals surface area contributed by atoms with Gasteiger partial charge in [0.15, 0.2) is 5.01 Å². The number of aromatic nitrogens is 1.